The van der Waals surface area contributed by atoms with Crippen LogP contribution >= 0.6 is 23.2 Å². The summed E-state index contributed by atoms with van der Waals surface area (Å²) in [6.07, 6.45) is 3.39. The van der Waals surface area contributed by atoms with E-state index in [0.29, 0.717) is 28.0 Å². The van der Waals surface area contributed by atoms with Crippen LogP contribution in [0.15, 0.2) is 47.1 Å². The van der Waals surface area contributed by atoms with Crippen LogP contribution < -0.4 is 4.74 Å². The van der Waals surface area contributed by atoms with E-state index in [-0.39, 0.29) is 5.91 Å². The fourth-order valence-electron chi connectivity index (χ4n) is 3.94. The number of fused-ring (bicyclic) bond motifs is 1. The normalized spacial score (nSPS) is 15.4. The first-order valence-corrected chi connectivity index (χ1v) is 11.4. The van der Waals surface area contributed by atoms with Crippen molar-refractivity contribution in [1.29, 1.82) is 0 Å². The highest BCUT2D eigenvalue weighted by molar-refractivity contribution is 6.36. The molecule has 7 heteroatoms. The van der Waals surface area contributed by atoms with Crippen LogP contribution in [0.25, 0.3) is 27.7 Å². The highest BCUT2D eigenvalue weighted by Gasteiger charge is 2.20. The topological polar surface area (TPSA) is 45.9 Å². The van der Waals surface area contributed by atoms with Gasteiger partial charge in [0.05, 0.1) is 17.9 Å². The van der Waals surface area contributed by atoms with Crippen LogP contribution in [-0.2, 0) is 4.79 Å². The van der Waals surface area contributed by atoms with Gasteiger partial charge >= 0.3 is 0 Å². The van der Waals surface area contributed by atoms with Crippen molar-refractivity contribution in [3.8, 4) is 16.9 Å². The second kappa shape index (κ2) is 9.57. The van der Waals surface area contributed by atoms with Gasteiger partial charge in [-0.05, 0) is 44.7 Å². The number of hydrogen-bond donors (Lipinski definition) is 0. The van der Waals surface area contributed by atoms with E-state index in [0.717, 1.165) is 53.8 Å². The summed E-state index contributed by atoms with van der Waals surface area (Å²) in [7, 11) is 2.07. The Balaban J connectivity index is 1.75. The Morgan fingerprint density at radius 1 is 1.12 bits per heavy atom. The molecule has 3 aromatic rings. The van der Waals surface area contributed by atoms with Crippen LogP contribution in [-0.4, -0.2) is 55.5 Å². The van der Waals surface area contributed by atoms with Crippen molar-refractivity contribution in [3.63, 3.8) is 0 Å². The summed E-state index contributed by atoms with van der Waals surface area (Å²) in [6.45, 7) is 7.61. The zero-order valence-electron chi connectivity index (χ0n) is 18.5. The van der Waals surface area contributed by atoms with Crippen LogP contribution in [0.3, 0.4) is 0 Å². The lowest BCUT2D eigenvalue weighted by Crippen LogP contribution is -2.46. The second-order valence-electron chi connectivity index (χ2n) is 8.01. The lowest BCUT2D eigenvalue weighted by molar-refractivity contribution is -0.127. The van der Waals surface area contributed by atoms with Gasteiger partial charge in [0.2, 0.25) is 5.91 Å². The number of rotatable bonds is 5. The van der Waals surface area contributed by atoms with Crippen molar-refractivity contribution in [1.82, 2.24) is 9.80 Å². The predicted molar refractivity (Wildman–Crippen MR) is 131 cm³/mol. The van der Waals surface area contributed by atoms with Crippen molar-refractivity contribution < 1.29 is 13.9 Å². The SMILES string of the molecule is CCOc1cc2occ(-c3ccc(Cl)cc3Cl)c2cc1/C(C)=C/C(=O)N1CCN(C)CC1. The highest BCUT2D eigenvalue weighted by Crippen LogP contribution is 2.40. The Morgan fingerprint density at radius 2 is 1.88 bits per heavy atom. The van der Waals surface area contributed by atoms with Crippen molar-refractivity contribution in [2.75, 3.05) is 39.8 Å². The minimum atomic E-state index is 0.0197. The van der Waals surface area contributed by atoms with E-state index in [1.54, 1.807) is 24.5 Å². The summed E-state index contributed by atoms with van der Waals surface area (Å²) in [4.78, 5) is 17.0. The Bertz CT molecular complexity index is 1180. The molecule has 4 rings (SSSR count). The maximum absolute atomic E-state index is 12.9. The molecule has 0 atom stereocenters. The fraction of sp³-hybridized carbons (Fsp3) is 0.320. The van der Waals surface area contributed by atoms with Gasteiger partial charge in [0.1, 0.15) is 11.3 Å². The summed E-state index contributed by atoms with van der Waals surface area (Å²) < 4.78 is 11.7. The number of ether oxygens (including phenoxy) is 1. The standard InChI is InChI=1S/C25H26Cl2N2O3/c1-4-31-23-14-24-20(21(15-32-24)18-6-5-17(26)12-22(18)27)13-19(23)16(2)11-25(30)29-9-7-28(3)8-10-29/h5-6,11-15H,4,7-10H2,1-3H3/b16-11+. The van der Waals surface area contributed by atoms with Crippen molar-refractivity contribution in [2.45, 2.75) is 13.8 Å². The molecule has 32 heavy (non-hydrogen) atoms. The summed E-state index contributed by atoms with van der Waals surface area (Å²) in [5.74, 6) is 0.703. The first kappa shape index (κ1) is 22.7. The zero-order chi connectivity index (χ0) is 22.8. The molecule has 0 N–H and O–H groups in total. The number of amides is 1. The van der Waals surface area contributed by atoms with E-state index in [4.69, 9.17) is 32.4 Å². The molecule has 1 aliphatic rings. The molecule has 1 fully saturated rings. The number of furan rings is 1. The average molecular weight is 473 g/mol. The molecule has 0 unspecified atom stereocenters. The van der Waals surface area contributed by atoms with Gasteiger partial charge in [-0.2, -0.15) is 0 Å². The predicted octanol–water partition coefficient (Wildman–Crippen LogP) is 5.98. The average Bonchev–Trinajstić information content (AvgIpc) is 3.16. The lowest BCUT2D eigenvalue weighted by atomic mass is 9.99. The molecular weight excluding hydrogens is 447 g/mol. The smallest absolute Gasteiger partial charge is 0.246 e. The van der Waals surface area contributed by atoms with E-state index in [1.165, 1.54) is 0 Å². The van der Waals surface area contributed by atoms with Gasteiger partial charge in [-0.25, -0.2) is 0 Å². The molecule has 1 aliphatic heterocycles. The molecule has 5 nitrogen and oxygen atoms in total. The molecular formula is C25H26Cl2N2O3. The molecule has 168 valence electrons. The Hall–Kier alpha value is -2.47. The molecule has 2 heterocycles. The van der Waals surface area contributed by atoms with E-state index < -0.39 is 0 Å². The third-order valence-corrected chi connectivity index (χ3v) is 6.32. The van der Waals surface area contributed by atoms with Crippen molar-refractivity contribution >= 4 is 45.7 Å². The number of piperazine rings is 1. The Kier molecular flexibility index (Phi) is 6.79. The fourth-order valence-corrected chi connectivity index (χ4v) is 4.45. The van der Waals surface area contributed by atoms with Gasteiger partial charge in [-0.1, -0.05) is 29.3 Å². The monoisotopic (exact) mass is 472 g/mol. The molecule has 0 bridgehead atoms. The van der Waals surface area contributed by atoms with Gasteiger partial charge in [0.25, 0.3) is 0 Å². The van der Waals surface area contributed by atoms with Gasteiger partial charge in [-0.15, -0.1) is 0 Å². The number of halogens is 2. The summed E-state index contributed by atoms with van der Waals surface area (Å²) in [5, 5.41) is 2.02. The van der Waals surface area contributed by atoms with Crippen LogP contribution in [0.2, 0.25) is 10.0 Å². The summed E-state index contributed by atoms with van der Waals surface area (Å²) in [6, 6.07) is 9.28. The summed E-state index contributed by atoms with van der Waals surface area (Å²) in [5.41, 5.74) is 4.09. The molecule has 1 amide bonds. The summed E-state index contributed by atoms with van der Waals surface area (Å²) >= 11 is 12.5. The second-order valence-corrected chi connectivity index (χ2v) is 8.85. The van der Waals surface area contributed by atoms with Crippen LogP contribution in [0.5, 0.6) is 5.75 Å². The maximum Gasteiger partial charge on any atom is 0.246 e. The largest absolute Gasteiger partial charge is 0.493 e. The third kappa shape index (κ3) is 4.65. The van der Waals surface area contributed by atoms with Crippen molar-refractivity contribution in [3.05, 3.63) is 58.3 Å². The highest BCUT2D eigenvalue weighted by atomic mass is 35.5. The molecule has 0 saturated carbocycles. The maximum atomic E-state index is 12.9. The molecule has 0 spiro atoms. The molecule has 0 aliphatic carbocycles. The minimum Gasteiger partial charge on any atom is -0.493 e. The Labute approximate surface area is 198 Å². The number of benzene rings is 2. The zero-order valence-corrected chi connectivity index (χ0v) is 20.0. The van der Waals surface area contributed by atoms with Crippen LogP contribution in [0.1, 0.15) is 19.4 Å². The third-order valence-electron chi connectivity index (χ3n) is 5.78. The van der Waals surface area contributed by atoms with E-state index in [9.17, 15) is 4.79 Å². The number of likely N-dealkylation sites (N-methyl/N-ethyl adjacent to an activating group) is 1. The number of carbonyl (C=O) groups is 1. The molecule has 1 aromatic heterocycles. The van der Waals surface area contributed by atoms with Crippen molar-refractivity contribution in [2.24, 2.45) is 0 Å². The first-order chi connectivity index (χ1) is 15.4. The quantitative estimate of drug-likeness (QED) is 0.428. The lowest BCUT2D eigenvalue weighted by Gasteiger charge is -2.31. The van der Waals surface area contributed by atoms with Gasteiger partial charge < -0.3 is 19.0 Å². The number of nitrogens with zero attached hydrogens (tertiary/aromatic N) is 2. The number of allylic oxidation sites excluding steroid dienone is 1. The van der Waals surface area contributed by atoms with Crippen LogP contribution in [0.4, 0.5) is 0 Å². The number of carbonyl (C=O) groups excluding carboxylic acids is 1. The Morgan fingerprint density at radius 3 is 2.56 bits per heavy atom. The minimum absolute atomic E-state index is 0.0197. The first-order valence-electron chi connectivity index (χ1n) is 10.7. The van der Waals surface area contributed by atoms with E-state index >= 15 is 0 Å². The molecule has 0 radical (unpaired) electrons. The molecule has 2 aromatic carbocycles. The van der Waals surface area contributed by atoms with Gasteiger partial charge in [0.15, 0.2) is 0 Å². The number of hydrogen-bond acceptors (Lipinski definition) is 4. The van der Waals surface area contributed by atoms with Gasteiger partial charge in [0, 0.05) is 65.4 Å². The molecule has 1 saturated heterocycles. The van der Waals surface area contributed by atoms with E-state index in [2.05, 4.69) is 11.9 Å². The van der Waals surface area contributed by atoms with Gasteiger partial charge in [-0.3, -0.25) is 4.79 Å². The van der Waals surface area contributed by atoms with E-state index in [1.807, 2.05) is 36.9 Å². The van der Waals surface area contributed by atoms with Crippen LogP contribution in [0, 0.1) is 0 Å².